The van der Waals surface area contributed by atoms with E-state index >= 15 is 0 Å². The highest BCUT2D eigenvalue weighted by Crippen LogP contribution is 2.32. The zero-order chi connectivity index (χ0) is 31.3. The Morgan fingerprint density at radius 1 is 1.13 bits per heavy atom. The van der Waals surface area contributed by atoms with Gasteiger partial charge in [-0.25, -0.2) is 19.2 Å². The molecule has 2 saturated heterocycles. The number of oxime groups is 1. The number of pyridine rings is 1. The van der Waals surface area contributed by atoms with Gasteiger partial charge < -0.3 is 28.7 Å². The largest absolute Gasteiger partial charge is 0.494 e. The first-order valence-electron chi connectivity index (χ1n) is 15.0. The van der Waals surface area contributed by atoms with E-state index in [1.165, 1.54) is 32.6 Å². The number of carboxylic acids is 1. The van der Waals surface area contributed by atoms with Gasteiger partial charge in [-0.05, 0) is 62.2 Å². The van der Waals surface area contributed by atoms with Crippen LogP contribution in [0.1, 0.15) is 58.2 Å². The Bertz CT molecular complexity index is 1700. The SMILES string of the molecule is CO/N=C/c1ccc(COc2cccc(C3CCN(Cc4nc5c(OC)cc(C(=O)O)cc5n4C[C@@H]4CCO4)CC3)n2)c(F)c1. The van der Waals surface area contributed by atoms with Crippen LogP contribution >= 0.6 is 0 Å². The van der Waals surface area contributed by atoms with Gasteiger partial charge in [-0.3, -0.25) is 4.90 Å². The Morgan fingerprint density at radius 3 is 2.64 bits per heavy atom. The number of carbonyl (C=O) groups is 1. The molecule has 1 N–H and O–H groups in total. The molecule has 6 rings (SSSR count). The van der Waals surface area contributed by atoms with Crippen molar-refractivity contribution in [3.05, 3.63) is 82.6 Å². The minimum atomic E-state index is -1.01. The van der Waals surface area contributed by atoms with Crippen LogP contribution in [0.2, 0.25) is 0 Å². The third-order valence-corrected chi connectivity index (χ3v) is 8.42. The topological polar surface area (TPSA) is 121 Å². The van der Waals surface area contributed by atoms with Crippen molar-refractivity contribution in [2.45, 2.75) is 51.0 Å². The number of piperidine rings is 1. The van der Waals surface area contributed by atoms with Crippen LogP contribution in [0.15, 0.2) is 53.7 Å². The van der Waals surface area contributed by atoms with Crippen molar-refractivity contribution in [3.63, 3.8) is 0 Å². The third-order valence-electron chi connectivity index (χ3n) is 8.42. The van der Waals surface area contributed by atoms with Crippen molar-refractivity contribution in [1.82, 2.24) is 19.4 Å². The highest BCUT2D eigenvalue weighted by molar-refractivity contribution is 5.95. The number of carboxylic acid groups (broad SMARTS) is 1. The predicted octanol–water partition coefficient (Wildman–Crippen LogP) is 5.01. The van der Waals surface area contributed by atoms with Crippen LogP contribution in [-0.2, 0) is 29.3 Å². The summed E-state index contributed by atoms with van der Waals surface area (Å²) >= 11 is 0. The number of ether oxygens (including phenoxy) is 3. The third kappa shape index (κ3) is 6.91. The first-order valence-corrected chi connectivity index (χ1v) is 15.0. The average molecular weight is 618 g/mol. The molecule has 2 aromatic carbocycles. The molecule has 236 valence electrons. The van der Waals surface area contributed by atoms with Crippen LogP contribution in [0.25, 0.3) is 11.0 Å². The molecule has 0 bridgehead atoms. The summed E-state index contributed by atoms with van der Waals surface area (Å²) in [5, 5.41) is 13.3. The number of hydrogen-bond donors (Lipinski definition) is 1. The Morgan fingerprint density at radius 2 is 1.96 bits per heavy atom. The maximum Gasteiger partial charge on any atom is 0.335 e. The predicted molar refractivity (Wildman–Crippen MR) is 164 cm³/mol. The zero-order valence-electron chi connectivity index (χ0n) is 25.3. The summed E-state index contributed by atoms with van der Waals surface area (Å²) in [7, 11) is 2.96. The van der Waals surface area contributed by atoms with Gasteiger partial charge in [0, 0.05) is 29.8 Å². The fraction of sp³-hybridized carbons (Fsp3) is 0.394. The van der Waals surface area contributed by atoms with E-state index in [0.717, 1.165) is 56.0 Å². The zero-order valence-corrected chi connectivity index (χ0v) is 25.3. The second-order valence-electron chi connectivity index (χ2n) is 11.3. The summed E-state index contributed by atoms with van der Waals surface area (Å²) in [5.41, 5.74) is 3.54. The normalized spacial score (nSPS) is 17.4. The fourth-order valence-corrected chi connectivity index (χ4v) is 5.83. The maximum atomic E-state index is 14.5. The van der Waals surface area contributed by atoms with Crippen molar-refractivity contribution in [2.24, 2.45) is 5.16 Å². The van der Waals surface area contributed by atoms with Gasteiger partial charge in [-0.1, -0.05) is 23.4 Å². The number of aromatic nitrogens is 3. The molecule has 2 fully saturated rings. The first-order chi connectivity index (χ1) is 21.9. The number of imidazole rings is 1. The lowest BCUT2D eigenvalue weighted by Crippen LogP contribution is -2.35. The molecule has 4 aromatic rings. The molecule has 4 heterocycles. The van der Waals surface area contributed by atoms with Crippen molar-refractivity contribution in [1.29, 1.82) is 0 Å². The highest BCUT2D eigenvalue weighted by Gasteiger charge is 2.27. The number of benzene rings is 2. The number of methoxy groups -OCH3 is 1. The second-order valence-corrected chi connectivity index (χ2v) is 11.3. The maximum absolute atomic E-state index is 14.5. The molecule has 2 aliphatic heterocycles. The summed E-state index contributed by atoms with van der Waals surface area (Å²) in [6.07, 6.45) is 4.31. The first kappa shape index (κ1) is 30.5. The molecule has 0 spiro atoms. The van der Waals surface area contributed by atoms with E-state index in [-0.39, 0.29) is 30.0 Å². The number of aromatic carboxylic acids is 1. The highest BCUT2D eigenvalue weighted by atomic mass is 19.1. The van der Waals surface area contributed by atoms with Gasteiger partial charge in [-0.2, -0.15) is 0 Å². The van der Waals surface area contributed by atoms with Gasteiger partial charge in [0.25, 0.3) is 0 Å². The van der Waals surface area contributed by atoms with Gasteiger partial charge >= 0.3 is 5.97 Å². The summed E-state index contributed by atoms with van der Waals surface area (Å²) in [4.78, 5) is 28.5. The van der Waals surface area contributed by atoms with Crippen LogP contribution in [0.5, 0.6) is 11.6 Å². The number of hydrogen-bond acceptors (Lipinski definition) is 9. The van der Waals surface area contributed by atoms with E-state index in [2.05, 4.69) is 19.5 Å². The summed E-state index contributed by atoms with van der Waals surface area (Å²) in [6, 6.07) is 13.7. The van der Waals surface area contributed by atoms with Crippen LogP contribution < -0.4 is 9.47 Å². The molecule has 0 radical (unpaired) electrons. The van der Waals surface area contributed by atoms with Crippen LogP contribution in [-0.4, -0.2) is 76.7 Å². The molecule has 0 amide bonds. The number of halogens is 1. The molecular weight excluding hydrogens is 581 g/mol. The van der Waals surface area contributed by atoms with Gasteiger partial charge in [0.15, 0.2) is 0 Å². The minimum Gasteiger partial charge on any atom is -0.494 e. The Hall–Kier alpha value is -4.55. The summed E-state index contributed by atoms with van der Waals surface area (Å²) < 4.78 is 33.8. The average Bonchev–Trinajstić information content (AvgIpc) is 3.37. The lowest BCUT2D eigenvalue weighted by molar-refractivity contribution is -0.0592. The van der Waals surface area contributed by atoms with Crippen molar-refractivity contribution in [3.8, 4) is 11.6 Å². The standard InChI is InChI=1S/C33H36FN5O6/c1-42-29-16-24(33(40)41)15-28-32(29)37-30(39(28)18-25-10-13-44-25)19-38-11-8-22(9-12-38)27-4-3-5-31(36-27)45-20-23-7-6-21(14-26(23)34)17-35-43-2/h3-7,14-17,22,25H,8-13,18-20H2,1-2H3,(H,40,41)/b35-17+/t25-/m0/s1. The van der Waals surface area contributed by atoms with E-state index in [0.29, 0.717) is 41.4 Å². The van der Waals surface area contributed by atoms with Crippen molar-refractivity contribution >= 4 is 23.2 Å². The molecule has 0 unspecified atom stereocenters. The van der Waals surface area contributed by atoms with Crippen LogP contribution in [0.4, 0.5) is 4.39 Å². The van der Waals surface area contributed by atoms with Gasteiger partial charge in [0.1, 0.15) is 36.6 Å². The molecule has 2 aliphatic rings. The summed E-state index contributed by atoms with van der Waals surface area (Å²) in [6.45, 7) is 3.73. The van der Waals surface area contributed by atoms with Gasteiger partial charge in [-0.15, -0.1) is 0 Å². The molecule has 12 heteroatoms. The molecular formula is C33H36FN5O6. The van der Waals surface area contributed by atoms with Crippen LogP contribution in [0.3, 0.4) is 0 Å². The number of fused-ring (bicyclic) bond motifs is 1. The molecule has 11 nitrogen and oxygen atoms in total. The van der Waals surface area contributed by atoms with Crippen LogP contribution in [0, 0.1) is 5.82 Å². The smallest absolute Gasteiger partial charge is 0.335 e. The monoisotopic (exact) mass is 617 g/mol. The molecule has 2 aromatic heterocycles. The lowest BCUT2D eigenvalue weighted by Gasteiger charge is -2.32. The van der Waals surface area contributed by atoms with E-state index in [9.17, 15) is 14.3 Å². The Balaban J connectivity index is 1.11. The Labute approximate surface area is 260 Å². The van der Waals surface area contributed by atoms with E-state index < -0.39 is 5.97 Å². The molecule has 45 heavy (non-hydrogen) atoms. The van der Waals surface area contributed by atoms with E-state index in [1.807, 2.05) is 12.1 Å². The Kier molecular flexibility index (Phi) is 9.22. The van der Waals surface area contributed by atoms with E-state index in [1.54, 1.807) is 24.3 Å². The van der Waals surface area contributed by atoms with Gasteiger partial charge in [0.05, 0.1) is 43.6 Å². The fourth-order valence-electron chi connectivity index (χ4n) is 5.83. The molecule has 0 saturated carbocycles. The summed E-state index contributed by atoms with van der Waals surface area (Å²) in [5.74, 6) is 0.641. The van der Waals surface area contributed by atoms with Crippen molar-refractivity contribution < 1.29 is 33.3 Å². The second kappa shape index (κ2) is 13.6. The number of likely N-dealkylation sites (tertiary alicyclic amines) is 1. The number of rotatable bonds is 12. The molecule has 1 atom stereocenters. The number of nitrogens with zero attached hydrogens (tertiary/aromatic N) is 5. The quantitative estimate of drug-likeness (QED) is 0.173. The lowest BCUT2D eigenvalue weighted by atomic mass is 9.93. The van der Waals surface area contributed by atoms with Gasteiger partial charge in [0.2, 0.25) is 5.88 Å². The van der Waals surface area contributed by atoms with E-state index in [4.69, 9.17) is 24.2 Å². The van der Waals surface area contributed by atoms with Crippen molar-refractivity contribution in [2.75, 3.05) is 33.9 Å². The minimum absolute atomic E-state index is 0.0636. The molecule has 0 aliphatic carbocycles.